The third kappa shape index (κ3) is 4.10. The summed E-state index contributed by atoms with van der Waals surface area (Å²) < 4.78 is 4.91. The summed E-state index contributed by atoms with van der Waals surface area (Å²) in [5.41, 5.74) is 7.55. The molecule has 1 aromatic heterocycles. The molecule has 0 atom stereocenters. The fourth-order valence-corrected chi connectivity index (χ4v) is 2.84. The molecule has 0 aliphatic heterocycles. The zero-order valence-corrected chi connectivity index (χ0v) is 11.8. The molecule has 0 amide bonds. The van der Waals surface area contributed by atoms with E-state index in [1.54, 1.807) is 6.92 Å². The van der Waals surface area contributed by atoms with Crippen LogP contribution in [0.5, 0.6) is 0 Å². The number of ether oxygens (including phenoxy) is 1. The van der Waals surface area contributed by atoms with Crippen LogP contribution in [0.25, 0.3) is 6.08 Å². The number of hydrogen-bond acceptors (Lipinski definition) is 5. The molecule has 0 saturated heterocycles. The quantitative estimate of drug-likeness (QED) is 0.616. The summed E-state index contributed by atoms with van der Waals surface area (Å²) in [6, 6.07) is 0. The number of aliphatic carboxylic acids is 1. The van der Waals surface area contributed by atoms with E-state index in [-0.39, 0.29) is 12.4 Å². The van der Waals surface area contributed by atoms with Gasteiger partial charge in [-0.2, -0.15) is 0 Å². The number of nitrogens with two attached hydrogens (primary N) is 1. The van der Waals surface area contributed by atoms with Crippen molar-refractivity contribution in [1.82, 2.24) is 0 Å². The van der Waals surface area contributed by atoms with Crippen LogP contribution in [0, 0.1) is 0 Å². The first kappa shape index (κ1) is 15.2. The summed E-state index contributed by atoms with van der Waals surface area (Å²) in [6.07, 6.45) is 3.39. The smallest absolute Gasteiger partial charge is 0.328 e. The van der Waals surface area contributed by atoms with Crippen molar-refractivity contribution in [3.05, 3.63) is 22.1 Å². The molecule has 3 N–H and O–H groups in total. The lowest BCUT2D eigenvalue weighted by atomic mass is 10.0. The first-order chi connectivity index (χ1) is 8.99. The molecule has 0 fully saturated rings. The Morgan fingerprint density at radius 1 is 1.37 bits per heavy atom. The van der Waals surface area contributed by atoms with Gasteiger partial charge in [0.2, 0.25) is 0 Å². The lowest BCUT2D eigenvalue weighted by Crippen LogP contribution is -2.09. The normalized spacial score (nSPS) is 10.8. The predicted molar refractivity (Wildman–Crippen MR) is 75.1 cm³/mol. The number of carboxylic acids is 1. The maximum Gasteiger partial charge on any atom is 0.328 e. The molecule has 0 aromatic carbocycles. The van der Waals surface area contributed by atoms with Gasteiger partial charge in [0.25, 0.3) is 0 Å². The molecule has 0 spiro atoms. The van der Waals surface area contributed by atoms with E-state index in [0.717, 1.165) is 22.1 Å². The van der Waals surface area contributed by atoms with Crippen molar-refractivity contribution in [1.29, 1.82) is 0 Å². The first-order valence-electron chi connectivity index (χ1n) is 5.96. The maximum atomic E-state index is 11.5. The van der Waals surface area contributed by atoms with Gasteiger partial charge in [0, 0.05) is 16.5 Å². The molecule has 0 radical (unpaired) electrons. The van der Waals surface area contributed by atoms with Crippen LogP contribution in [0.4, 0.5) is 5.00 Å². The monoisotopic (exact) mass is 283 g/mol. The molecule has 0 unspecified atom stereocenters. The summed E-state index contributed by atoms with van der Waals surface area (Å²) in [5.74, 6) is -1.34. The van der Waals surface area contributed by atoms with Crippen LogP contribution in [-0.2, 0) is 27.2 Å². The second-order valence-corrected chi connectivity index (χ2v) is 4.88. The molecule has 0 bridgehead atoms. The Morgan fingerprint density at radius 2 is 2.05 bits per heavy atom. The van der Waals surface area contributed by atoms with E-state index in [1.165, 1.54) is 17.4 Å². The summed E-state index contributed by atoms with van der Waals surface area (Å²) in [6.45, 7) is 4.01. The Balaban J connectivity index is 3.04. The molecular formula is C13H17NO4S. The van der Waals surface area contributed by atoms with E-state index in [9.17, 15) is 9.59 Å². The van der Waals surface area contributed by atoms with Crippen molar-refractivity contribution in [2.45, 2.75) is 26.7 Å². The molecule has 1 heterocycles. The van der Waals surface area contributed by atoms with Crippen molar-refractivity contribution in [3.63, 3.8) is 0 Å². The Bertz CT molecular complexity index is 505. The minimum atomic E-state index is -1.01. The van der Waals surface area contributed by atoms with E-state index in [1.807, 2.05) is 6.92 Å². The van der Waals surface area contributed by atoms with Crippen molar-refractivity contribution in [2.75, 3.05) is 12.3 Å². The van der Waals surface area contributed by atoms with E-state index >= 15 is 0 Å². The highest BCUT2D eigenvalue weighted by Crippen LogP contribution is 2.33. The zero-order valence-electron chi connectivity index (χ0n) is 10.9. The van der Waals surface area contributed by atoms with Crippen LogP contribution < -0.4 is 5.73 Å². The summed E-state index contributed by atoms with van der Waals surface area (Å²) >= 11 is 1.29. The van der Waals surface area contributed by atoms with Crippen LogP contribution >= 0.6 is 11.3 Å². The number of nitrogen functional groups attached to an aromatic ring is 1. The first-order valence-corrected chi connectivity index (χ1v) is 6.77. The van der Waals surface area contributed by atoms with Crippen molar-refractivity contribution in [2.24, 2.45) is 0 Å². The molecule has 0 aliphatic carbocycles. The van der Waals surface area contributed by atoms with Gasteiger partial charge < -0.3 is 15.6 Å². The second kappa shape index (κ2) is 6.94. The standard InChI is InChI=1S/C13H17NO4S/c1-3-8-9(7-12(17)18-4-2)13(14)19-10(8)5-6-11(15)16/h5-6H,3-4,7,14H2,1-2H3,(H,15,16). The predicted octanol–water partition coefficient (Wildman–Crippen LogP) is 2.10. The molecule has 1 rings (SSSR count). The highest BCUT2D eigenvalue weighted by Gasteiger charge is 2.17. The minimum absolute atomic E-state index is 0.125. The lowest BCUT2D eigenvalue weighted by Gasteiger charge is -2.04. The molecule has 6 heteroatoms. The zero-order chi connectivity index (χ0) is 14.4. The van der Waals surface area contributed by atoms with Gasteiger partial charge in [-0.1, -0.05) is 6.92 Å². The fourth-order valence-electron chi connectivity index (χ4n) is 1.76. The molecule has 104 valence electrons. The number of carbonyl (C=O) groups is 2. The molecule has 0 saturated carbocycles. The Labute approximate surface area is 115 Å². The van der Waals surface area contributed by atoms with Crippen LogP contribution in [0.15, 0.2) is 6.08 Å². The van der Waals surface area contributed by atoms with E-state index in [2.05, 4.69) is 0 Å². The van der Waals surface area contributed by atoms with E-state index < -0.39 is 5.97 Å². The molecular weight excluding hydrogens is 266 g/mol. The number of carbonyl (C=O) groups excluding carboxylic acids is 1. The number of rotatable bonds is 6. The van der Waals surface area contributed by atoms with Crippen molar-refractivity contribution in [3.8, 4) is 0 Å². The average molecular weight is 283 g/mol. The van der Waals surface area contributed by atoms with Gasteiger partial charge in [0.05, 0.1) is 18.0 Å². The maximum absolute atomic E-state index is 11.5. The fraction of sp³-hybridized carbons (Fsp3) is 0.385. The largest absolute Gasteiger partial charge is 0.478 e. The highest BCUT2D eigenvalue weighted by molar-refractivity contribution is 7.17. The van der Waals surface area contributed by atoms with Crippen molar-refractivity contribution < 1.29 is 19.4 Å². The minimum Gasteiger partial charge on any atom is -0.478 e. The van der Waals surface area contributed by atoms with Gasteiger partial charge in [-0.3, -0.25) is 4.79 Å². The van der Waals surface area contributed by atoms with Crippen LogP contribution in [0.3, 0.4) is 0 Å². The molecule has 19 heavy (non-hydrogen) atoms. The number of anilines is 1. The molecule has 0 aliphatic rings. The van der Waals surface area contributed by atoms with Gasteiger partial charge in [-0.25, -0.2) is 4.79 Å². The van der Waals surface area contributed by atoms with Crippen LogP contribution in [0.2, 0.25) is 0 Å². The summed E-state index contributed by atoms with van der Waals surface area (Å²) in [5, 5.41) is 9.18. The second-order valence-electron chi connectivity index (χ2n) is 3.79. The van der Waals surface area contributed by atoms with Gasteiger partial charge >= 0.3 is 11.9 Å². The Morgan fingerprint density at radius 3 is 2.58 bits per heavy atom. The lowest BCUT2D eigenvalue weighted by molar-refractivity contribution is -0.142. The Hall–Kier alpha value is -1.82. The molecule has 1 aromatic rings. The third-order valence-corrected chi connectivity index (χ3v) is 3.61. The average Bonchev–Trinajstić information content (AvgIpc) is 2.63. The number of carboxylic acid groups (broad SMARTS) is 1. The van der Waals surface area contributed by atoms with E-state index in [0.29, 0.717) is 18.0 Å². The van der Waals surface area contributed by atoms with Gasteiger partial charge in [-0.15, -0.1) is 11.3 Å². The highest BCUT2D eigenvalue weighted by atomic mass is 32.1. The SMILES string of the molecule is CCOC(=O)Cc1c(N)sc(C=CC(=O)O)c1CC. The summed E-state index contributed by atoms with van der Waals surface area (Å²) in [7, 11) is 0. The van der Waals surface area contributed by atoms with Crippen LogP contribution in [-0.4, -0.2) is 23.7 Å². The number of thiophene rings is 1. The Kier molecular flexibility index (Phi) is 5.57. The van der Waals surface area contributed by atoms with Crippen LogP contribution in [0.1, 0.15) is 29.9 Å². The third-order valence-electron chi connectivity index (χ3n) is 2.54. The molecule has 5 nitrogen and oxygen atoms in total. The van der Waals surface area contributed by atoms with Gasteiger partial charge in [-0.05, 0) is 25.0 Å². The van der Waals surface area contributed by atoms with Gasteiger partial charge in [0.15, 0.2) is 0 Å². The topological polar surface area (TPSA) is 89.6 Å². The van der Waals surface area contributed by atoms with Gasteiger partial charge in [0.1, 0.15) is 0 Å². The van der Waals surface area contributed by atoms with Crippen molar-refractivity contribution >= 4 is 34.4 Å². The number of hydrogen-bond donors (Lipinski definition) is 2. The van der Waals surface area contributed by atoms with E-state index in [4.69, 9.17) is 15.6 Å². The summed E-state index contributed by atoms with van der Waals surface area (Å²) in [4.78, 5) is 22.8. The number of esters is 1.